The third-order valence-corrected chi connectivity index (χ3v) is 3.01. The van der Waals surface area contributed by atoms with Gasteiger partial charge < -0.3 is 15.3 Å². The van der Waals surface area contributed by atoms with Gasteiger partial charge in [-0.3, -0.25) is 9.89 Å². The monoisotopic (exact) mass is 238 g/mol. The number of carbonyl (C=O) groups excluding carboxylic acids is 1. The van der Waals surface area contributed by atoms with E-state index < -0.39 is 0 Å². The molecule has 2 rings (SSSR count). The Balaban J connectivity index is 1.98. The molecule has 1 aliphatic rings. The second kappa shape index (κ2) is 5.79. The van der Waals surface area contributed by atoms with Crippen LogP contribution in [0.15, 0.2) is 12.4 Å². The van der Waals surface area contributed by atoms with Crippen molar-refractivity contribution in [2.45, 2.75) is 18.9 Å². The molecule has 1 fully saturated rings. The Morgan fingerprint density at radius 2 is 2.53 bits per heavy atom. The number of nitrogens with one attached hydrogen (secondary N) is 2. The summed E-state index contributed by atoms with van der Waals surface area (Å²) in [5.41, 5.74) is 0.538. The molecule has 1 amide bonds. The lowest BCUT2D eigenvalue weighted by atomic mass is 10.2. The number of amides is 1. The number of aromatic nitrogens is 2. The Morgan fingerprint density at radius 1 is 1.65 bits per heavy atom. The molecule has 3 N–H and O–H groups in total. The minimum absolute atomic E-state index is 0.0175. The molecule has 94 valence electrons. The molecule has 1 aromatic heterocycles. The maximum Gasteiger partial charge on any atom is 0.257 e. The maximum atomic E-state index is 12.1. The largest absolute Gasteiger partial charge is 0.395 e. The summed E-state index contributed by atoms with van der Waals surface area (Å²) in [5, 5.41) is 18.8. The SMILES string of the molecule is O=C(c1cn[nH]c1)N(CCO)CC1CCCN1. The minimum Gasteiger partial charge on any atom is -0.395 e. The third-order valence-electron chi connectivity index (χ3n) is 3.01. The van der Waals surface area contributed by atoms with E-state index in [1.807, 2.05) is 0 Å². The van der Waals surface area contributed by atoms with E-state index >= 15 is 0 Å². The van der Waals surface area contributed by atoms with Crippen LogP contribution in [0, 0.1) is 0 Å². The highest BCUT2D eigenvalue weighted by Crippen LogP contribution is 2.09. The summed E-state index contributed by atoms with van der Waals surface area (Å²) in [6.45, 7) is 2.00. The Hall–Kier alpha value is -1.40. The zero-order valence-corrected chi connectivity index (χ0v) is 9.72. The highest BCUT2D eigenvalue weighted by atomic mass is 16.3. The summed E-state index contributed by atoms with van der Waals surface area (Å²) in [7, 11) is 0. The fourth-order valence-corrected chi connectivity index (χ4v) is 2.13. The smallest absolute Gasteiger partial charge is 0.257 e. The molecule has 0 radical (unpaired) electrons. The van der Waals surface area contributed by atoms with Crippen molar-refractivity contribution < 1.29 is 9.90 Å². The van der Waals surface area contributed by atoms with Crippen LogP contribution >= 0.6 is 0 Å². The molecule has 0 saturated carbocycles. The first-order valence-electron chi connectivity index (χ1n) is 5.93. The van der Waals surface area contributed by atoms with Gasteiger partial charge in [-0.25, -0.2) is 0 Å². The second-order valence-corrected chi connectivity index (χ2v) is 4.26. The molecular weight excluding hydrogens is 220 g/mol. The van der Waals surface area contributed by atoms with Gasteiger partial charge in [-0.1, -0.05) is 0 Å². The van der Waals surface area contributed by atoms with Crippen molar-refractivity contribution in [3.8, 4) is 0 Å². The number of H-pyrrole nitrogens is 1. The fourth-order valence-electron chi connectivity index (χ4n) is 2.13. The van der Waals surface area contributed by atoms with E-state index in [-0.39, 0.29) is 12.5 Å². The molecule has 0 aliphatic carbocycles. The molecule has 2 heterocycles. The lowest BCUT2D eigenvalue weighted by molar-refractivity contribution is 0.0706. The Kier molecular flexibility index (Phi) is 4.11. The van der Waals surface area contributed by atoms with Crippen LogP contribution in [0.5, 0.6) is 0 Å². The lowest BCUT2D eigenvalue weighted by Gasteiger charge is -2.24. The van der Waals surface area contributed by atoms with Gasteiger partial charge in [0.2, 0.25) is 0 Å². The van der Waals surface area contributed by atoms with Crippen LogP contribution in [-0.2, 0) is 0 Å². The Bertz CT molecular complexity index is 346. The number of carbonyl (C=O) groups is 1. The van der Waals surface area contributed by atoms with Crippen molar-refractivity contribution >= 4 is 5.91 Å². The molecule has 1 atom stereocenters. The average Bonchev–Trinajstić information content (AvgIpc) is 3.00. The van der Waals surface area contributed by atoms with E-state index in [1.165, 1.54) is 6.20 Å². The van der Waals surface area contributed by atoms with Gasteiger partial charge in [-0.05, 0) is 19.4 Å². The van der Waals surface area contributed by atoms with Crippen molar-refractivity contribution in [3.63, 3.8) is 0 Å². The van der Waals surface area contributed by atoms with Gasteiger partial charge in [0.15, 0.2) is 0 Å². The number of hydrogen-bond acceptors (Lipinski definition) is 4. The van der Waals surface area contributed by atoms with Gasteiger partial charge in [0.05, 0.1) is 18.4 Å². The molecule has 1 aliphatic heterocycles. The van der Waals surface area contributed by atoms with E-state index in [0.29, 0.717) is 24.7 Å². The lowest BCUT2D eigenvalue weighted by Crippen LogP contribution is -2.42. The Morgan fingerprint density at radius 3 is 3.12 bits per heavy atom. The standard InChI is InChI=1S/C11H18N4O2/c16-5-4-15(8-10-2-1-3-12-10)11(17)9-6-13-14-7-9/h6-7,10,12,16H,1-5,8H2,(H,13,14). The molecule has 1 aromatic rings. The second-order valence-electron chi connectivity index (χ2n) is 4.26. The van der Waals surface area contributed by atoms with E-state index in [9.17, 15) is 4.79 Å². The van der Waals surface area contributed by atoms with E-state index in [4.69, 9.17) is 5.11 Å². The highest BCUT2D eigenvalue weighted by molar-refractivity contribution is 5.93. The summed E-state index contributed by atoms with van der Waals surface area (Å²) in [4.78, 5) is 13.8. The van der Waals surface area contributed by atoms with Gasteiger partial charge in [-0.2, -0.15) is 5.10 Å². The topological polar surface area (TPSA) is 81.2 Å². The summed E-state index contributed by atoms with van der Waals surface area (Å²) < 4.78 is 0. The highest BCUT2D eigenvalue weighted by Gasteiger charge is 2.22. The summed E-state index contributed by atoms with van der Waals surface area (Å²) >= 11 is 0. The third kappa shape index (κ3) is 3.04. The van der Waals surface area contributed by atoms with Crippen LogP contribution in [0.4, 0.5) is 0 Å². The average molecular weight is 238 g/mol. The van der Waals surface area contributed by atoms with Gasteiger partial charge in [0.1, 0.15) is 0 Å². The molecular formula is C11H18N4O2. The van der Waals surface area contributed by atoms with Crippen LogP contribution in [-0.4, -0.2) is 58.4 Å². The van der Waals surface area contributed by atoms with Crippen molar-refractivity contribution in [1.29, 1.82) is 0 Å². The van der Waals surface area contributed by atoms with Gasteiger partial charge >= 0.3 is 0 Å². The van der Waals surface area contributed by atoms with Crippen molar-refractivity contribution in [2.75, 3.05) is 26.2 Å². The van der Waals surface area contributed by atoms with Gasteiger partial charge in [-0.15, -0.1) is 0 Å². The maximum absolute atomic E-state index is 12.1. The fraction of sp³-hybridized carbons (Fsp3) is 0.636. The number of aliphatic hydroxyl groups excluding tert-OH is 1. The first-order chi connectivity index (χ1) is 8.31. The molecule has 0 aromatic carbocycles. The quantitative estimate of drug-likeness (QED) is 0.652. The summed E-state index contributed by atoms with van der Waals surface area (Å²) in [6, 6.07) is 0.345. The zero-order valence-electron chi connectivity index (χ0n) is 9.72. The van der Waals surface area contributed by atoms with Crippen molar-refractivity contribution in [1.82, 2.24) is 20.4 Å². The number of nitrogens with zero attached hydrogens (tertiary/aromatic N) is 2. The molecule has 17 heavy (non-hydrogen) atoms. The molecule has 6 heteroatoms. The molecule has 1 unspecified atom stereocenters. The van der Waals surface area contributed by atoms with Crippen molar-refractivity contribution in [2.24, 2.45) is 0 Å². The number of aromatic amines is 1. The molecule has 0 bridgehead atoms. The van der Waals surface area contributed by atoms with Crippen LogP contribution in [0.25, 0.3) is 0 Å². The first kappa shape index (κ1) is 12.1. The van der Waals surface area contributed by atoms with Crippen molar-refractivity contribution in [3.05, 3.63) is 18.0 Å². The predicted molar refractivity (Wildman–Crippen MR) is 62.6 cm³/mol. The molecule has 1 saturated heterocycles. The van der Waals surface area contributed by atoms with Crippen LogP contribution in [0.2, 0.25) is 0 Å². The minimum atomic E-state index is -0.0819. The van der Waals surface area contributed by atoms with E-state index in [1.54, 1.807) is 11.1 Å². The number of hydrogen-bond donors (Lipinski definition) is 3. The number of rotatable bonds is 5. The summed E-state index contributed by atoms with van der Waals surface area (Å²) in [5.74, 6) is -0.0819. The zero-order chi connectivity index (χ0) is 12.1. The predicted octanol–water partition coefficient (Wildman–Crippen LogP) is -0.404. The van der Waals surface area contributed by atoms with Crippen LogP contribution in [0.1, 0.15) is 23.2 Å². The normalized spacial score (nSPS) is 19.5. The number of aliphatic hydroxyl groups is 1. The van der Waals surface area contributed by atoms with E-state index in [2.05, 4.69) is 15.5 Å². The summed E-state index contributed by atoms with van der Waals surface area (Å²) in [6.07, 6.45) is 5.32. The van der Waals surface area contributed by atoms with Gasteiger partial charge in [0.25, 0.3) is 5.91 Å². The Labute approximate surface area is 100 Å². The van der Waals surface area contributed by atoms with Gasteiger partial charge in [0, 0.05) is 25.3 Å². The molecule has 6 nitrogen and oxygen atoms in total. The van der Waals surface area contributed by atoms with E-state index in [0.717, 1.165) is 19.4 Å². The van der Waals surface area contributed by atoms with Crippen LogP contribution in [0.3, 0.4) is 0 Å². The molecule has 0 spiro atoms. The van der Waals surface area contributed by atoms with Crippen LogP contribution < -0.4 is 5.32 Å². The first-order valence-corrected chi connectivity index (χ1v) is 5.93.